The molecule has 0 bridgehead atoms. The number of carbonyl (C=O) groups excluding carboxylic acids is 1. The van der Waals surface area contributed by atoms with E-state index < -0.39 is 0 Å². The fourth-order valence-electron chi connectivity index (χ4n) is 3.63. The summed E-state index contributed by atoms with van der Waals surface area (Å²) in [4.78, 5) is 26.9. The second-order valence-corrected chi connectivity index (χ2v) is 7.17. The fraction of sp³-hybridized carbons (Fsp3) is 0.450. The average molecular weight is 355 g/mol. The summed E-state index contributed by atoms with van der Waals surface area (Å²) in [7, 11) is 1.51. The average Bonchev–Trinajstić information content (AvgIpc) is 2.63. The van der Waals surface area contributed by atoms with E-state index in [2.05, 4.69) is 18.9 Å². The second-order valence-electron chi connectivity index (χ2n) is 7.17. The number of hydrogen-bond acceptors (Lipinski definition) is 4. The van der Waals surface area contributed by atoms with Gasteiger partial charge in [-0.05, 0) is 18.3 Å². The van der Waals surface area contributed by atoms with Crippen LogP contribution in [0.4, 0.5) is 0 Å². The van der Waals surface area contributed by atoms with Crippen LogP contribution in [0.15, 0.2) is 41.2 Å². The minimum atomic E-state index is -0.340. The van der Waals surface area contributed by atoms with Gasteiger partial charge in [0.1, 0.15) is 12.2 Å². The van der Waals surface area contributed by atoms with Crippen LogP contribution < -0.4 is 10.3 Å². The summed E-state index contributed by atoms with van der Waals surface area (Å²) in [5.41, 5.74) is 1.06. The third kappa shape index (κ3) is 3.95. The maximum absolute atomic E-state index is 12.7. The van der Waals surface area contributed by atoms with Crippen LogP contribution in [0.3, 0.4) is 0 Å². The zero-order chi connectivity index (χ0) is 18.7. The van der Waals surface area contributed by atoms with Gasteiger partial charge in [0.25, 0.3) is 5.56 Å². The molecule has 0 spiro atoms. The first-order valence-corrected chi connectivity index (χ1v) is 8.97. The number of hydrogen-bond donors (Lipinski definition) is 0. The minimum absolute atomic E-state index is 0.0535. The van der Waals surface area contributed by atoms with Crippen LogP contribution in [0.5, 0.6) is 5.75 Å². The first-order chi connectivity index (χ1) is 12.5. The minimum Gasteiger partial charge on any atom is -0.494 e. The summed E-state index contributed by atoms with van der Waals surface area (Å²) in [6.07, 6.45) is 1.13. The standard InChI is InChI=1S/C20H25N3O3/c1-14-9-15(2)12-22(11-14)19(25)13-23-18(24)10-17(26-3)20(21-23)16-7-5-4-6-8-16/h4-8,10,14-15H,9,11-13H2,1-3H3/t14-,15+. The van der Waals surface area contributed by atoms with Gasteiger partial charge in [0.15, 0.2) is 5.75 Å². The van der Waals surface area contributed by atoms with Crippen LogP contribution in [-0.4, -0.2) is 40.8 Å². The van der Waals surface area contributed by atoms with Crippen molar-refractivity contribution in [1.82, 2.24) is 14.7 Å². The summed E-state index contributed by atoms with van der Waals surface area (Å²) >= 11 is 0. The van der Waals surface area contributed by atoms with Crippen molar-refractivity contribution in [2.24, 2.45) is 11.8 Å². The van der Waals surface area contributed by atoms with Crippen LogP contribution >= 0.6 is 0 Å². The molecule has 1 aliphatic heterocycles. The number of likely N-dealkylation sites (tertiary alicyclic amines) is 1. The lowest BCUT2D eigenvalue weighted by atomic mass is 9.92. The summed E-state index contributed by atoms with van der Waals surface area (Å²) < 4.78 is 6.55. The first-order valence-electron chi connectivity index (χ1n) is 8.97. The number of rotatable bonds is 4. The molecule has 6 heteroatoms. The van der Waals surface area contributed by atoms with Gasteiger partial charge in [-0.25, -0.2) is 4.68 Å². The Labute approximate surface area is 153 Å². The van der Waals surface area contributed by atoms with Gasteiger partial charge in [0, 0.05) is 24.7 Å². The van der Waals surface area contributed by atoms with E-state index in [9.17, 15) is 9.59 Å². The summed E-state index contributed by atoms with van der Waals surface area (Å²) in [6, 6.07) is 10.9. The molecule has 1 saturated heterocycles. The normalized spacial score (nSPS) is 20.0. The van der Waals surface area contributed by atoms with Gasteiger partial charge >= 0.3 is 0 Å². The molecule has 1 aromatic carbocycles. The molecule has 2 heterocycles. The molecule has 6 nitrogen and oxygen atoms in total. The van der Waals surface area contributed by atoms with Crippen molar-refractivity contribution in [3.8, 4) is 17.0 Å². The molecule has 0 aliphatic carbocycles. The van der Waals surface area contributed by atoms with Crippen LogP contribution in [0.25, 0.3) is 11.3 Å². The Kier molecular flexibility index (Phi) is 5.40. The van der Waals surface area contributed by atoms with Crippen LogP contribution in [-0.2, 0) is 11.3 Å². The molecule has 1 aliphatic rings. The smallest absolute Gasteiger partial charge is 0.270 e. The third-order valence-corrected chi connectivity index (χ3v) is 4.74. The van der Waals surface area contributed by atoms with Gasteiger partial charge in [-0.15, -0.1) is 0 Å². The SMILES string of the molecule is COc1cc(=O)n(CC(=O)N2C[C@H](C)C[C@H](C)C2)nc1-c1ccccc1. The Balaban J connectivity index is 1.88. The van der Waals surface area contributed by atoms with Crippen molar-refractivity contribution < 1.29 is 9.53 Å². The van der Waals surface area contributed by atoms with Crippen LogP contribution in [0.2, 0.25) is 0 Å². The molecule has 2 atom stereocenters. The van der Waals surface area contributed by atoms with E-state index in [1.807, 2.05) is 35.2 Å². The van der Waals surface area contributed by atoms with Gasteiger partial charge < -0.3 is 9.64 Å². The maximum atomic E-state index is 12.7. The van der Waals surface area contributed by atoms with E-state index in [0.29, 0.717) is 23.3 Å². The summed E-state index contributed by atoms with van der Waals surface area (Å²) in [5, 5.41) is 4.42. The highest BCUT2D eigenvalue weighted by Gasteiger charge is 2.26. The molecule has 0 saturated carbocycles. The van der Waals surface area contributed by atoms with Crippen molar-refractivity contribution >= 4 is 5.91 Å². The maximum Gasteiger partial charge on any atom is 0.270 e. The van der Waals surface area contributed by atoms with Gasteiger partial charge in [-0.3, -0.25) is 9.59 Å². The molecule has 1 amide bonds. The number of benzene rings is 1. The zero-order valence-electron chi connectivity index (χ0n) is 15.5. The number of methoxy groups -OCH3 is 1. The highest BCUT2D eigenvalue weighted by atomic mass is 16.5. The van der Waals surface area contributed by atoms with Crippen molar-refractivity contribution in [3.63, 3.8) is 0 Å². The molecule has 26 heavy (non-hydrogen) atoms. The van der Waals surface area contributed by atoms with E-state index in [4.69, 9.17) is 4.74 Å². The predicted octanol–water partition coefficient (Wildman–Crippen LogP) is 2.42. The molecule has 0 unspecified atom stereocenters. The van der Waals surface area contributed by atoms with Gasteiger partial charge in [-0.2, -0.15) is 5.10 Å². The Morgan fingerprint density at radius 3 is 2.46 bits per heavy atom. The molecule has 138 valence electrons. The summed E-state index contributed by atoms with van der Waals surface area (Å²) in [6.45, 7) is 5.73. The Bertz CT molecular complexity index is 822. The molecule has 0 N–H and O–H groups in total. The molecule has 0 radical (unpaired) electrons. The van der Waals surface area contributed by atoms with Crippen LogP contribution in [0.1, 0.15) is 20.3 Å². The fourth-order valence-corrected chi connectivity index (χ4v) is 3.63. The third-order valence-electron chi connectivity index (χ3n) is 4.74. The molecule has 3 rings (SSSR count). The van der Waals surface area contributed by atoms with Crippen LogP contribution in [0, 0.1) is 11.8 Å². The van der Waals surface area contributed by atoms with E-state index in [-0.39, 0.29) is 18.0 Å². The van der Waals surface area contributed by atoms with E-state index in [1.54, 1.807) is 0 Å². The predicted molar refractivity (Wildman–Crippen MR) is 100 cm³/mol. The Morgan fingerprint density at radius 2 is 1.85 bits per heavy atom. The lowest BCUT2D eigenvalue weighted by Gasteiger charge is -2.35. The second kappa shape index (κ2) is 7.72. The Morgan fingerprint density at radius 1 is 1.19 bits per heavy atom. The van der Waals surface area contributed by atoms with Gasteiger partial charge in [0.05, 0.1) is 7.11 Å². The number of carbonyl (C=O) groups is 1. The lowest BCUT2D eigenvalue weighted by Crippen LogP contribution is -2.45. The molecular formula is C20H25N3O3. The lowest BCUT2D eigenvalue weighted by molar-refractivity contribution is -0.134. The highest BCUT2D eigenvalue weighted by Crippen LogP contribution is 2.25. The summed E-state index contributed by atoms with van der Waals surface area (Å²) in [5.74, 6) is 1.29. The topological polar surface area (TPSA) is 64.4 Å². The number of aromatic nitrogens is 2. The van der Waals surface area contributed by atoms with E-state index in [0.717, 1.165) is 25.1 Å². The van der Waals surface area contributed by atoms with Crippen molar-refractivity contribution in [2.45, 2.75) is 26.8 Å². The number of piperidine rings is 1. The first kappa shape index (κ1) is 18.2. The molecule has 2 aromatic rings. The molecule has 1 aromatic heterocycles. The highest BCUT2D eigenvalue weighted by molar-refractivity contribution is 5.76. The molecular weight excluding hydrogens is 330 g/mol. The monoisotopic (exact) mass is 355 g/mol. The number of amides is 1. The zero-order valence-corrected chi connectivity index (χ0v) is 15.5. The number of nitrogens with zero attached hydrogens (tertiary/aromatic N) is 3. The van der Waals surface area contributed by atoms with E-state index >= 15 is 0 Å². The van der Waals surface area contributed by atoms with Crippen molar-refractivity contribution in [3.05, 3.63) is 46.8 Å². The van der Waals surface area contributed by atoms with E-state index in [1.165, 1.54) is 17.9 Å². The van der Waals surface area contributed by atoms with Gasteiger partial charge in [-0.1, -0.05) is 44.2 Å². The largest absolute Gasteiger partial charge is 0.494 e. The van der Waals surface area contributed by atoms with Crippen molar-refractivity contribution in [2.75, 3.05) is 20.2 Å². The quantitative estimate of drug-likeness (QED) is 0.845. The Hall–Kier alpha value is -2.63. The van der Waals surface area contributed by atoms with Gasteiger partial charge in [0.2, 0.25) is 5.91 Å². The number of ether oxygens (including phenoxy) is 1. The molecule has 1 fully saturated rings. The van der Waals surface area contributed by atoms with Crippen molar-refractivity contribution in [1.29, 1.82) is 0 Å².